The van der Waals surface area contributed by atoms with E-state index in [0.29, 0.717) is 11.5 Å². The van der Waals surface area contributed by atoms with Crippen molar-refractivity contribution in [3.63, 3.8) is 0 Å². The molecule has 0 bridgehead atoms. The van der Waals surface area contributed by atoms with Crippen molar-refractivity contribution in [1.29, 1.82) is 0 Å². The number of carbonyl (C=O) groups excluding carboxylic acids is 3. The van der Waals surface area contributed by atoms with Gasteiger partial charge in [-0.3, -0.25) is 9.59 Å². The zero-order valence-electron chi connectivity index (χ0n) is 13.2. The minimum Gasteiger partial charge on any atom is -0.361 e. The molecular formula is C19H14N2O4. The van der Waals surface area contributed by atoms with Gasteiger partial charge in [0.05, 0.1) is 17.5 Å². The Kier molecular flexibility index (Phi) is 3.57. The molecule has 0 spiro atoms. The first-order valence-corrected chi connectivity index (χ1v) is 7.89. The third-order valence-corrected chi connectivity index (χ3v) is 4.22. The first kappa shape index (κ1) is 15.1. The molecule has 0 fully saturated rings. The number of H-pyrrole nitrogens is 1. The van der Waals surface area contributed by atoms with Crippen molar-refractivity contribution in [2.24, 2.45) is 0 Å². The maximum atomic E-state index is 12.2. The van der Waals surface area contributed by atoms with Crippen molar-refractivity contribution in [1.82, 2.24) is 10.0 Å². The van der Waals surface area contributed by atoms with E-state index in [1.54, 1.807) is 12.1 Å². The molecule has 4 rings (SSSR count). The number of aryl methyl sites for hydroxylation is 1. The standard InChI is InChI=1S/C19H14N2O4/c22-17(10-9-12-11-20-16-8-4-3-5-13(12)16)25-21-18(23)14-6-1-2-7-15(14)19(21)24/h1-8,11,20H,9-10H2. The van der Waals surface area contributed by atoms with Crippen molar-refractivity contribution in [3.8, 4) is 0 Å². The van der Waals surface area contributed by atoms with Gasteiger partial charge < -0.3 is 9.82 Å². The number of hydrogen-bond donors (Lipinski definition) is 1. The van der Waals surface area contributed by atoms with Crippen molar-refractivity contribution >= 4 is 28.7 Å². The number of hydroxylamine groups is 2. The lowest BCUT2D eigenvalue weighted by Crippen LogP contribution is -2.32. The fraction of sp³-hybridized carbons (Fsp3) is 0.105. The van der Waals surface area contributed by atoms with Crippen molar-refractivity contribution in [3.05, 3.63) is 71.4 Å². The Morgan fingerprint density at radius 2 is 1.60 bits per heavy atom. The minimum atomic E-state index is -0.625. The molecule has 0 atom stereocenters. The smallest absolute Gasteiger partial charge is 0.333 e. The summed E-state index contributed by atoms with van der Waals surface area (Å²) in [6.45, 7) is 0. The van der Waals surface area contributed by atoms with Crippen LogP contribution in [0.15, 0.2) is 54.7 Å². The normalized spacial score (nSPS) is 13.4. The maximum absolute atomic E-state index is 12.2. The van der Waals surface area contributed by atoms with Gasteiger partial charge in [-0.1, -0.05) is 35.4 Å². The number of amides is 2. The van der Waals surface area contributed by atoms with Crippen molar-refractivity contribution in [2.45, 2.75) is 12.8 Å². The van der Waals surface area contributed by atoms with Gasteiger partial charge in [0, 0.05) is 17.1 Å². The number of carbonyl (C=O) groups is 3. The average molecular weight is 334 g/mol. The number of nitrogens with zero attached hydrogens (tertiary/aromatic N) is 1. The minimum absolute atomic E-state index is 0.0647. The van der Waals surface area contributed by atoms with Gasteiger partial charge in [-0.15, -0.1) is 0 Å². The Bertz CT molecular complexity index is 970. The van der Waals surface area contributed by atoms with E-state index in [1.165, 1.54) is 12.1 Å². The van der Waals surface area contributed by atoms with E-state index < -0.39 is 17.8 Å². The lowest BCUT2D eigenvalue weighted by molar-refractivity contribution is -0.168. The number of aromatic nitrogens is 1. The molecule has 0 saturated carbocycles. The van der Waals surface area contributed by atoms with Gasteiger partial charge in [0.25, 0.3) is 11.8 Å². The van der Waals surface area contributed by atoms with E-state index in [9.17, 15) is 14.4 Å². The second kappa shape index (κ2) is 5.90. The van der Waals surface area contributed by atoms with Crippen LogP contribution < -0.4 is 0 Å². The highest BCUT2D eigenvalue weighted by Crippen LogP contribution is 2.23. The Morgan fingerprint density at radius 1 is 0.960 bits per heavy atom. The molecule has 0 saturated heterocycles. The van der Waals surface area contributed by atoms with Crippen LogP contribution in [0, 0.1) is 0 Å². The molecule has 1 aliphatic heterocycles. The first-order chi connectivity index (χ1) is 12.1. The van der Waals surface area contributed by atoms with Crippen LogP contribution >= 0.6 is 0 Å². The molecule has 25 heavy (non-hydrogen) atoms. The first-order valence-electron chi connectivity index (χ1n) is 7.89. The van der Waals surface area contributed by atoms with Crippen LogP contribution in [0.2, 0.25) is 0 Å². The van der Waals surface area contributed by atoms with Crippen LogP contribution in [0.4, 0.5) is 0 Å². The highest BCUT2D eigenvalue weighted by atomic mass is 16.7. The molecule has 0 radical (unpaired) electrons. The highest BCUT2D eigenvalue weighted by Gasteiger charge is 2.38. The topological polar surface area (TPSA) is 79.5 Å². The largest absolute Gasteiger partial charge is 0.361 e. The average Bonchev–Trinajstić information content (AvgIpc) is 3.15. The zero-order valence-corrected chi connectivity index (χ0v) is 13.2. The Labute approximate surface area is 143 Å². The summed E-state index contributed by atoms with van der Waals surface area (Å²) in [5, 5.41) is 1.58. The fourth-order valence-electron chi connectivity index (χ4n) is 2.97. The Hall–Kier alpha value is -3.41. The maximum Gasteiger partial charge on any atom is 0.333 e. The van der Waals surface area contributed by atoms with Gasteiger partial charge in [0.15, 0.2) is 0 Å². The number of nitrogens with one attached hydrogen (secondary N) is 1. The summed E-state index contributed by atoms with van der Waals surface area (Å²) in [5.74, 6) is -1.85. The van der Waals surface area contributed by atoms with E-state index in [0.717, 1.165) is 16.5 Å². The van der Waals surface area contributed by atoms with Gasteiger partial charge in [-0.05, 0) is 30.2 Å². The number of benzene rings is 2. The van der Waals surface area contributed by atoms with E-state index >= 15 is 0 Å². The van der Waals surface area contributed by atoms with Crippen LogP contribution in [0.1, 0.15) is 32.7 Å². The van der Waals surface area contributed by atoms with Crippen molar-refractivity contribution < 1.29 is 19.2 Å². The summed E-state index contributed by atoms with van der Waals surface area (Å²) >= 11 is 0. The van der Waals surface area contributed by atoms with Crippen LogP contribution in [-0.4, -0.2) is 27.8 Å². The second-order valence-corrected chi connectivity index (χ2v) is 5.77. The number of aromatic amines is 1. The summed E-state index contributed by atoms with van der Waals surface area (Å²) in [5.41, 5.74) is 2.47. The Morgan fingerprint density at radius 3 is 2.32 bits per heavy atom. The van der Waals surface area contributed by atoms with Gasteiger partial charge >= 0.3 is 5.97 Å². The zero-order chi connectivity index (χ0) is 17.4. The quantitative estimate of drug-likeness (QED) is 0.744. The third-order valence-electron chi connectivity index (χ3n) is 4.22. The molecule has 6 nitrogen and oxygen atoms in total. The molecule has 1 aromatic heterocycles. The molecule has 0 aliphatic carbocycles. The SMILES string of the molecule is O=C(CCc1c[nH]c2ccccc12)ON1C(=O)c2ccccc2C1=O. The molecule has 1 N–H and O–H groups in total. The molecule has 3 aromatic rings. The highest BCUT2D eigenvalue weighted by molar-refractivity contribution is 6.20. The van der Waals surface area contributed by atoms with Gasteiger partial charge in [-0.25, -0.2) is 4.79 Å². The van der Waals surface area contributed by atoms with E-state index in [2.05, 4.69) is 4.98 Å². The summed E-state index contributed by atoms with van der Waals surface area (Å²) in [7, 11) is 0. The predicted octanol–water partition coefficient (Wildman–Crippen LogP) is 2.85. The van der Waals surface area contributed by atoms with Crippen LogP contribution in [-0.2, 0) is 16.1 Å². The summed E-state index contributed by atoms with van der Waals surface area (Å²) in [4.78, 5) is 44.6. The number of fused-ring (bicyclic) bond motifs is 2. The van der Waals surface area contributed by atoms with Gasteiger partial charge in [0.2, 0.25) is 0 Å². The molecule has 2 amide bonds. The molecule has 0 unspecified atom stereocenters. The molecule has 2 heterocycles. The predicted molar refractivity (Wildman–Crippen MR) is 89.7 cm³/mol. The summed E-state index contributed by atoms with van der Waals surface area (Å²) in [6.07, 6.45) is 2.36. The number of para-hydroxylation sites is 1. The van der Waals surface area contributed by atoms with E-state index in [1.807, 2.05) is 30.5 Å². The lowest BCUT2D eigenvalue weighted by atomic mass is 10.1. The second-order valence-electron chi connectivity index (χ2n) is 5.77. The molecule has 1 aliphatic rings. The van der Waals surface area contributed by atoms with Crippen LogP contribution in [0.3, 0.4) is 0 Å². The van der Waals surface area contributed by atoms with Crippen LogP contribution in [0.25, 0.3) is 10.9 Å². The van der Waals surface area contributed by atoms with Crippen molar-refractivity contribution in [2.75, 3.05) is 0 Å². The molecular weight excluding hydrogens is 320 g/mol. The lowest BCUT2D eigenvalue weighted by Gasteiger charge is -2.12. The van der Waals surface area contributed by atoms with E-state index in [4.69, 9.17) is 4.84 Å². The fourth-order valence-corrected chi connectivity index (χ4v) is 2.97. The number of imide groups is 1. The van der Waals surface area contributed by atoms with E-state index in [-0.39, 0.29) is 17.5 Å². The molecule has 124 valence electrons. The van der Waals surface area contributed by atoms with Gasteiger partial charge in [-0.2, -0.15) is 0 Å². The summed E-state index contributed by atoms with van der Waals surface area (Å²) in [6, 6.07) is 14.2. The Balaban J connectivity index is 1.43. The van der Waals surface area contributed by atoms with Gasteiger partial charge in [0.1, 0.15) is 0 Å². The molecule has 2 aromatic carbocycles. The molecule has 6 heteroatoms. The number of rotatable bonds is 4. The monoisotopic (exact) mass is 334 g/mol. The summed E-state index contributed by atoms with van der Waals surface area (Å²) < 4.78 is 0. The van der Waals surface area contributed by atoms with Crippen LogP contribution in [0.5, 0.6) is 0 Å². The third kappa shape index (κ3) is 2.57. The number of hydrogen-bond acceptors (Lipinski definition) is 4.